The van der Waals surface area contributed by atoms with Crippen LogP contribution in [0, 0.1) is 0 Å². The number of piperazine rings is 1. The van der Waals surface area contributed by atoms with Crippen LogP contribution in [-0.2, 0) is 13.1 Å². The minimum atomic E-state index is -0.0113. The van der Waals surface area contributed by atoms with E-state index in [1.165, 1.54) is 5.56 Å². The standard InChI is InChI=1S/C21H27N3O3/c1-26-19-9-7-17(8-10-19)15-22-21(25)24-13-11-23(12-14-24)16-18-5-3-4-6-20(18)27-2/h3-10H,11-16H2,1-2H3,(H,22,25). The molecule has 1 aliphatic rings. The molecule has 0 unspecified atom stereocenters. The number of urea groups is 1. The molecule has 27 heavy (non-hydrogen) atoms. The highest BCUT2D eigenvalue weighted by Crippen LogP contribution is 2.20. The monoisotopic (exact) mass is 369 g/mol. The zero-order chi connectivity index (χ0) is 19.1. The maximum Gasteiger partial charge on any atom is 0.317 e. The third-order valence-corrected chi connectivity index (χ3v) is 4.85. The fourth-order valence-corrected chi connectivity index (χ4v) is 3.22. The third kappa shape index (κ3) is 5.14. The van der Waals surface area contributed by atoms with E-state index in [2.05, 4.69) is 16.3 Å². The fraction of sp³-hybridized carbons (Fsp3) is 0.381. The fourth-order valence-electron chi connectivity index (χ4n) is 3.22. The Bertz CT molecular complexity index is 741. The van der Waals surface area contributed by atoms with Crippen LogP contribution in [0.5, 0.6) is 11.5 Å². The van der Waals surface area contributed by atoms with Crippen molar-refractivity contribution < 1.29 is 14.3 Å². The number of hydrogen-bond acceptors (Lipinski definition) is 4. The number of carbonyl (C=O) groups excluding carboxylic acids is 1. The zero-order valence-electron chi connectivity index (χ0n) is 16.0. The molecule has 0 radical (unpaired) electrons. The molecule has 0 bridgehead atoms. The summed E-state index contributed by atoms with van der Waals surface area (Å²) in [5.41, 5.74) is 2.23. The van der Waals surface area contributed by atoms with Gasteiger partial charge in [-0.1, -0.05) is 30.3 Å². The van der Waals surface area contributed by atoms with Crippen molar-refractivity contribution in [3.05, 3.63) is 59.7 Å². The van der Waals surface area contributed by atoms with E-state index in [1.54, 1.807) is 14.2 Å². The summed E-state index contributed by atoms with van der Waals surface area (Å²) in [5, 5.41) is 3.00. The van der Waals surface area contributed by atoms with Gasteiger partial charge in [0.2, 0.25) is 0 Å². The van der Waals surface area contributed by atoms with Crippen LogP contribution < -0.4 is 14.8 Å². The molecule has 1 heterocycles. The molecule has 0 aromatic heterocycles. The summed E-state index contributed by atoms with van der Waals surface area (Å²) in [4.78, 5) is 16.6. The highest BCUT2D eigenvalue weighted by molar-refractivity contribution is 5.74. The van der Waals surface area contributed by atoms with E-state index in [-0.39, 0.29) is 6.03 Å². The Labute approximate surface area is 160 Å². The number of methoxy groups -OCH3 is 2. The van der Waals surface area contributed by atoms with Gasteiger partial charge in [-0.05, 0) is 23.8 Å². The first-order valence-corrected chi connectivity index (χ1v) is 9.19. The van der Waals surface area contributed by atoms with Crippen molar-refractivity contribution >= 4 is 6.03 Å². The van der Waals surface area contributed by atoms with Crippen LogP contribution in [-0.4, -0.2) is 56.2 Å². The lowest BCUT2D eigenvalue weighted by Gasteiger charge is -2.34. The number of para-hydroxylation sites is 1. The van der Waals surface area contributed by atoms with Crippen LogP contribution in [0.2, 0.25) is 0 Å². The Morgan fingerprint density at radius 2 is 1.67 bits per heavy atom. The van der Waals surface area contributed by atoms with Crippen molar-refractivity contribution in [1.82, 2.24) is 15.1 Å². The molecule has 1 aliphatic heterocycles. The van der Waals surface area contributed by atoms with E-state index < -0.39 is 0 Å². The number of amides is 2. The molecular formula is C21H27N3O3. The Hall–Kier alpha value is -2.73. The zero-order valence-corrected chi connectivity index (χ0v) is 16.0. The summed E-state index contributed by atoms with van der Waals surface area (Å²) in [6.45, 7) is 4.52. The lowest BCUT2D eigenvalue weighted by Crippen LogP contribution is -2.51. The first-order valence-electron chi connectivity index (χ1n) is 9.19. The SMILES string of the molecule is COc1ccc(CNC(=O)N2CCN(Cc3ccccc3OC)CC2)cc1. The predicted molar refractivity (Wildman–Crippen MR) is 105 cm³/mol. The predicted octanol–water partition coefficient (Wildman–Crippen LogP) is 2.73. The van der Waals surface area contributed by atoms with Gasteiger partial charge in [0.15, 0.2) is 0 Å². The van der Waals surface area contributed by atoms with Gasteiger partial charge in [-0.25, -0.2) is 4.79 Å². The van der Waals surface area contributed by atoms with Crippen molar-refractivity contribution in [3.63, 3.8) is 0 Å². The second kappa shape index (κ2) is 9.28. The van der Waals surface area contributed by atoms with Crippen LogP contribution >= 0.6 is 0 Å². The van der Waals surface area contributed by atoms with Gasteiger partial charge < -0.3 is 19.7 Å². The summed E-state index contributed by atoms with van der Waals surface area (Å²) in [5.74, 6) is 1.73. The van der Waals surface area contributed by atoms with Crippen LogP contribution in [0.3, 0.4) is 0 Å². The molecule has 1 N–H and O–H groups in total. The molecule has 6 heteroatoms. The first kappa shape index (κ1) is 19.0. The van der Waals surface area contributed by atoms with Crippen LogP contribution in [0.15, 0.2) is 48.5 Å². The number of rotatable bonds is 6. The average Bonchev–Trinajstić information content (AvgIpc) is 2.73. The van der Waals surface area contributed by atoms with Crippen molar-refractivity contribution in [2.45, 2.75) is 13.1 Å². The molecule has 2 aromatic rings. The molecule has 2 amide bonds. The number of carbonyl (C=O) groups is 1. The maximum absolute atomic E-state index is 12.4. The number of nitrogens with one attached hydrogen (secondary N) is 1. The molecule has 0 atom stereocenters. The number of benzene rings is 2. The summed E-state index contributed by atoms with van der Waals surface area (Å²) in [6, 6.07) is 15.8. The van der Waals surface area contributed by atoms with Gasteiger partial charge in [0.25, 0.3) is 0 Å². The van der Waals surface area contributed by atoms with Gasteiger partial charge in [-0.3, -0.25) is 4.90 Å². The number of ether oxygens (including phenoxy) is 2. The Kier molecular flexibility index (Phi) is 6.54. The summed E-state index contributed by atoms with van der Waals surface area (Å²) in [6.07, 6.45) is 0. The minimum absolute atomic E-state index is 0.0113. The first-order chi connectivity index (χ1) is 13.2. The highest BCUT2D eigenvalue weighted by atomic mass is 16.5. The van der Waals surface area contributed by atoms with Gasteiger partial charge in [0, 0.05) is 44.8 Å². The van der Waals surface area contributed by atoms with Gasteiger partial charge in [0.05, 0.1) is 14.2 Å². The Balaban J connectivity index is 1.44. The molecule has 3 rings (SSSR count). The van der Waals surface area contributed by atoms with Gasteiger partial charge in [-0.15, -0.1) is 0 Å². The topological polar surface area (TPSA) is 54.0 Å². The average molecular weight is 369 g/mol. The van der Waals surface area contributed by atoms with Gasteiger partial charge in [0.1, 0.15) is 11.5 Å². The summed E-state index contributed by atoms with van der Waals surface area (Å²) >= 11 is 0. The quantitative estimate of drug-likeness (QED) is 0.851. The van der Waals surface area contributed by atoms with E-state index in [1.807, 2.05) is 47.4 Å². The van der Waals surface area contributed by atoms with Crippen molar-refractivity contribution in [3.8, 4) is 11.5 Å². The van der Waals surface area contributed by atoms with Gasteiger partial charge in [-0.2, -0.15) is 0 Å². The van der Waals surface area contributed by atoms with Crippen LogP contribution in [0.1, 0.15) is 11.1 Å². The molecule has 0 spiro atoms. The lowest BCUT2D eigenvalue weighted by atomic mass is 10.1. The van der Waals surface area contributed by atoms with Crippen molar-refractivity contribution in [1.29, 1.82) is 0 Å². The molecule has 0 saturated carbocycles. The maximum atomic E-state index is 12.4. The molecular weight excluding hydrogens is 342 g/mol. The number of nitrogens with zero attached hydrogens (tertiary/aromatic N) is 2. The second-order valence-corrected chi connectivity index (χ2v) is 6.58. The molecule has 2 aromatic carbocycles. The van der Waals surface area contributed by atoms with Crippen LogP contribution in [0.25, 0.3) is 0 Å². The normalized spacial score (nSPS) is 14.7. The van der Waals surface area contributed by atoms with E-state index in [0.717, 1.165) is 49.8 Å². The molecule has 1 saturated heterocycles. The van der Waals surface area contributed by atoms with Crippen molar-refractivity contribution in [2.24, 2.45) is 0 Å². The minimum Gasteiger partial charge on any atom is -0.497 e. The smallest absolute Gasteiger partial charge is 0.317 e. The largest absolute Gasteiger partial charge is 0.497 e. The molecule has 6 nitrogen and oxygen atoms in total. The lowest BCUT2D eigenvalue weighted by molar-refractivity contribution is 0.134. The van der Waals surface area contributed by atoms with E-state index in [9.17, 15) is 4.79 Å². The van der Waals surface area contributed by atoms with E-state index >= 15 is 0 Å². The second-order valence-electron chi connectivity index (χ2n) is 6.58. The third-order valence-electron chi connectivity index (χ3n) is 4.85. The Morgan fingerprint density at radius 3 is 2.33 bits per heavy atom. The van der Waals surface area contributed by atoms with Gasteiger partial charge >= 0.3 is 6.03 Å². The number of hydrogen-bond donors (Lipinski definition) is 1. The molecule has 1 fully saturated rings. The summed E-state index contributed by atoms with van der Waals surface area (Å²) in [7, 11) is 3.34. The summed E-state index contributed by atoms with van der Waals surface area (Å²) < 4.78 is 10.6. The van der Waals surface area contributed by atoms with E-state index in [4.69, 9.17) is 9.47 Å². The van der Waals surface area contributed by atoms with Crippen molar-refractivity contribution in [2.75, 3.05) is 40.4 Å². The Morgan fingerprint density at radius 1 is 0.963 bits per heavy atom. The van der Waals surface area contributed by atoms with Crippen LogP contribution in [0.4, 0.5) is 4.79 Å². The molecule has 0 aliphatic carbocycles. The highest BCUT2D eigenvalue weighted by Gasteiger charge is 2.21. The molecule has 144 valence electrons. The van der Waals surface area contributed by atoms with E-state index in [0.29, 0.717) is 6.54 Å².